The third-order valence-electron chi connectivity index (χ3n) is 4.04. The van der Waals surface area contributed by atoms with Crippen LogP contribution in [0.1, 0.15) is 69.4 Å². The lowest BCUT2D eigenvalue weighted by atomic mass is 9.84. The maximum atomic E-state index is 5.82. The first-order valence-corrected chi connectivity index (χ1v) is 7.59. The fourth-order valence-electron chi connectivity index (χ4n) is 3.02. The molecule has 1 heterocycles. The van der Waals surface area contributed by atoms with E-state index >= 15 is 0 Å². The number of rotatable bonds is 6. The molecule has 0 bridgehead atoms. The number of hydrogen-bond acceptors (Lipinski definition) is 2. The van der Waals surface area contributed by atoms with Crippen LogP contribution in [0.4, 0.5) is 0 Å². The van der Waals surface area contributed by atoms with Crippen molar-refractivity contribution >= 4 is 0 Å². The van der Waals surface area contributed by atoms with Crippen molar-refractivity contribution in [3.05, 3.63) is 23.7 Å². The fourth-order valence-corrected chi connectivity index (χ4v) is 3.02. The molecule has 1 aliphatic carbocycles. The van der Waals surface area contributed by atoms with Gasteiger partial charge in [-0.3, -0.25) is 0 Å². The lowest BCUT2D eigenvalue weighted by Gasteiger charge is -2.26. The molecule has 2 nitrogen and oxygen atoms in total. The quantitative estimate of drug-likeness (QED) is 0.797. The molecule has 2 heteroatoms. The van der Waals surface area contributed by atoms with Crippen molar-refractivity contribution in [1.82, 2.24) is 5.32 Å². The summed E-state index contributed by atoms with van der Waals surface area (Å²) < 4.78 is 5.82. The highest BCUT2D eigenvalue weighted by molar-refractivity contribution is 5.10. The van der Waals surface area contributed by atoms with Crippen LogP contribution in [0.5, 0.6) is 0 Å². The lowest BCUT2D eigenvalue weighted by molar-refractivity contribution is 0.278. The highest BCUT2D eigenvalue weighted by Gasteiger charge is 2.21. The van der Waals surface area contributed by atoms with Crippen LogP contribution < -0.4 is 5.32 Å². The van der Waals surface area contributed by atoms with Gasteiger partial charge in [0.15, 0.2) is 0 Å². The molecule has 0 amide bonds. The van der Waals surface area contributed by atoms with Gasteiger partial charge in [-0.25, -0.2) is 0 Å². The summed E-state index contributed by atoms with van der Waals surface area (Å²) in [5, 5.41) is 3.65. The van der Waals surface area contributed by atoms with E-state index in [-0.39, 0.29) is 0 Å². The molecule has 1 N–H and O–H groups in total. The number of furan rings is 1. The maximum absolute atomic E-state index is 5.82. The summed E-state index contributed by atoms with van der Waals surface area (Å²) in [6.45, 7) is 5.33. The molecule has 1 unspecified atom stereocenters. The van der Waals surface area contributed by atoms with Gasteiger partial charge in [-0.1, -0.05) is 39.0 Å². The summed E-state index contributed by atoms with van der Waals surface area (Å²) in [6.07, 6.45) is 9.51. The smallest absolute Gasteiger partial charge is 0.121 e. The third kappa shape index (κ3) is 3.88. The highest BCUT2D eigenvalue weighted by atomic mass is 16.3. The predicted molar refractivity (Wildman–Crippen MR) is 75.7 cm³/mol. The van der Waals surface area contributed by atoms with Gasteiger partial charge in [0.05, 0.1) is 6.04 Å². The minimum absolute atomic E-state index is 0.418. The van der Waals surface area contributed by atoms with Crippen LogP contribution in [0.2, 0.25) is 0 Å². The Bertz CT molecular complexity index is 339. The van der Waals surface area contributed by atoms with Crippen LogP contribution in [0.25, 0.3) is 0 Å². The van der Waals surface area contributed by atoms with Gasteiger partial charge in [-0.2, -0.15) is 0 Å². The molecule has 0 saturated heterocycles. The zero-order valence-electron chi connectivity index (χ0n) is 11.9. The standard InChI is InChI=1S/C16H27NO/c1-3-11-17-15(16-10-9-13(2)18-16)12-14-7-5-4-6-8-14/h9-10,14-15,17H,3-8,11-12H2,1-2H3. The summed E-state index contributed by atoms with van der Waals surface area (Å²) in [4.78, 5) is 0. The van der Waals surface area contributed by atoms with Crippen molar-refractivity contribution in [2.45, 2.75) is 64.8 Å². The van der Waals surface area contributed by atoms with Crippen LogP contribution in [0, 0.1) is 12.8 Å². The second kappa shape index (κ2) is 6.98. The minimum Gasteiger partial charge on any atom is -0.465 e. The van der Waals surface area contributed by atoms with Crippen molar-refractivity contribution in [1.29, 1.82) is 0 Å². The van der Waals surface area contributed by atoms with Crippen LogP contribution >= 0.6 is 0 Å². The predicted octanol–water partition coefficient (Wildman–Crippen LogP) is 4.60. The van der Waals surface area contributed by atoms with Crippen molar-refractivity contribution in [3.8, 4) is 0 Å². The normalized spacial score (nSPS) is 19.0. The molecule has 1 fully saturated rings. The highest BCUT2D eigenvalue weighted by Crippen LogP contribution is 2.32. The zero-order chi connectivity index (χ0) is 12.8. The molecule has 0 spiro atoms. The molecule has 1 aromatic rings. The Morgan fingerprint density at radius 3 is 2.67 bits per heavy atom. The van der Waals surface area contributed by atoms with Gasteiger partial charge in [0, 0.05) is 0 Å². The summed E-state index contributed by atoms with van der Waals surface area (Å²) in [5.74, 6) is 3.04. The van der Waals surface area contributed by atoms with Crippen molar-refractivity contribution in [3.63, 3.8) is 0 Å². The molecule has 1 aliphatic rings. The average Bonchev–Trinajstić information content (AvgIpc) is 2.82. The van der Waals surface area contributed by atoms with E-state index in [1.165, 1.54) is 44.9 Å². The van der Waals surface area contributed by atoms with E-state index in [0.29, 0.717) is 6.04 Å². The molecular weight excluding hydrogens is 222 g/mol. The Balaban J connectivity index is 1.95. The van der Waals surface area contributed by atoms with E-state index in [0.717, 1.165) is 24.0 Å². The maximum Gasteiger partial charge on any atom is 0.121 e. The largest absolute Gasteiger partial charge is 0.465 e. The molecule has 0 aromatic carbocycles. The summed E-state index contributed by atoms with van der Waals surface area (Å²) in [6, 6.07) is 4.64. The van der Waals surface area contributed by atoms with Crippen molar-refractivity contribution < 1.29 is 4.42 Å². The number of nitrogens with one attached hydrogen (secondary N) is 1. The first-order valence-electron chi connectivity index (χ1n) is 7.59. The number of aryl methyl sites for hydroxylation is 1. The van der Waals surface area contributed by atoms with E-state index in [1.807, 2.05) is 6.92 Å². The Morgan fingerprint density at radius 1 is 1.28 bits per heavy atom. The van der Waals surface area contributed by atoms with E-state index in [2.05, 4.69) is 24.4 Å². The molecule has 102 valence electrons. The second-order valence-electron chi connectivity index (χ2n) is 5.69. The molecule has 2 rings (SSSR count). The van der Waals surface area contributed by atoms with Gasteiger partial charge in [0.1, 0.15) is 11.5 Å². The molecule has 1 atom stereocenters. The SMILES string of the molecule is CCCNC(CC1CCCCC1)c1ccc(C)o1. The Hall–Kier alpha value is -0.760. The van der Waals surface area contributed by atoms with Crippen LogP contribution in [-0.2, 0) is 0 Å². The Morgan fingerprint density at radius 2 is 2.06 bits per heavy atom. The summed E-state index contributed by atoms with van der Waals surface area (Å²) >= 11 is 0. The Labute approximate surface area is 111 Å². The molecule has 1 saturated carbocycles. The van der Waals surface area contributed by atoms with Crippen molar-refractivity contribution in [2.75, 3.05) is 6.54 Å². The van der Waals surface area contributed by atoms with Gasteiger partial charge in [-0.05, 0) is 44.4 Å². The van der Waals surface area contributed by atoms with Gasteiger partial charge < -0.3 is 9.73 Å². The molecule has 1 aromatic heterocycles. The molecular formula is C16H27NO. The first-order chi connectivity index (χ1) is 8.79. The minimum atomic E-state index is 0.418. The van der Waals surface area contributed by atoms with Gasteiger partial charge in [0.25, 0.3) is 0 Å². The third-order valence-corrected chi connectivity index (χ3v) is 4.04. The fraction of sp³-hybridized carbons (Fsp3) is 0.750. The van der Waals surface area contributed by atoms with Gasteiger partial charge in [-0.15, -0.1) is 0 Å². The van der Waals surface area contributed by atoms with Crippen LogP contribution in [0.15, 0.2) is 16.5 Å². The van der Waals surface area contributed by atoms with Crippen LogP contribution in [0.3, 0.4) is 0 Å². The Kier molecular flexibility index (Phi) is 5.30. The van der Waals surface area contributed by atoms with E-state index in [9.17, 15) is 0 Å². The van der Waals surface area contributed by atoms with Gasteiger partial charge in [0.2, 0.25) is 0 Å². The second-order valence-corrected chi connectivity index (χ2v) is 5.69. The first kappa shape index (κ1) is 13.7. The van der Waals surface area contributed by atoms with Crippen molar-refractivity contribution in [2.24, 2.45) is 5.92 Å². The molecule has 18 heavy (non-hydrogen) atoms. The van der Waals surface area contributed by atoms with Gasteiger partial charge >= 0.3 is 0 Å². The number of hydrogen-bond donors (Lipinski definition) is 1. The van der Waals surface area contributed by atoms with E-state index < -0.39 is 0 Å². The van der Waals surface area contributed by atoms with E-state index in [1.54, 1.807) is 0 Å². The van der Waals surface area contributed by atoms with E-state index in [4.69, 9.17) is 4.42 Å². The topological polar surface area (TPSA) is 25.2 Å². The van der Waals surface area contributed by atoms with Crippen LogP contribution in [-0.4, -0.2) is 6.54 Å². The summed E-state index contributed by atoms with van der Waals surface area (Å²) in [5.41, 5.74) is 0. The monoisotopic (exact) mass is 249 g/mol. The lowest BCUT2D eigenvalue weighted by Crippen LogP contribution is -2.25. The molecule has 0 aliphatic heterocycles. The zero-order valence-corrected chi connectivity index (χ0v) is 11.9. The average molecular weight is 249 g/mol. The molecule has 0 radical (unpaired) electrons. The summed E-state index contributed by atoms with van der Waals surface area (Å²) in [7, 11) is 0.